The van der Waals surface area contributed by atoms with E-state index in [9.17, 15) is 9.18 Å². The van der Waals surface area contributed by atoms with Gasteiger partial charge < -0.3 is 9.72 Å². The van der Waals surface area contributed by atoms with E-state index in [1.165, 1.54) is 0 Å². The minimum absolute atomic E-state index is 0.118. The van der Waals surface area contributed by atoms with Gasteiger partial charge in [-0.1, -0.05) is 0 Å². The third kappa shape index (κ3) is 2.63. The molecule has 0 atom stereocenters. The van der Waals surface area contributed by atoms with Crippen molar-refractivity contribution in [2.75, 3.05) is 6.61 Å². The number of aromatic amines is 1. The fourth-order valence-corrected chi connectivity index (χ4v) is 1.73. The summed E-state index contributed by atoms with van der Waals surface area (Å²) in [6, 6.07) is 7.04. The lowest BCUT2D eigenvalue weighted by atomic mass is 10.1. The van der Waals surface area contributed by atoms with Gasteiger partial charge in [-0.05, 0) is 31.2 Å². The third-order valence-electron chi connectivity index (χ3n) is 2.60. The number of carbonyl (C=O) groups excluding carboxylic acids is 1. The summed E-state index contributed by atoms with van der Waals surface area (Å²) in [5, 5.41) is 9.52. The summed E-state index contributed by atoms with van der Waals surface area (Å²) in [5.41, 5.74) is 1.73. The highest BCUT2D eigenvalue weighted by atomic mass is 19.1. The van der Waals surface area contributed by atoms with Gasteiger partial charge in [-0.15, -0.1) is 0 Å². The van der Waals surface area contributed by atoms with Crippen molar-refractivity contribution in [2.45, 2.75) is 6.92 Å². The topological polar surface area (TPSA) is 65.9 Å². The van der Waals surface area contributed by atoms with Crippen molar-refractivity contribution in [2.24, 2.45) is 0 Å². The first-order chi connectivity index (χ1) is 9.15. The largest absolute Gasteiger partial charge is 0.461 e. The number of carbonyl (C=O) groups is 1. The van der Waals surface area contributed by atoms with Gasteiger partial charge in [-0.25, -0.2) is 4.79 Å². The molecule has 0 bridgehead atoms. The van der Waals surface area contributed by atoms with E-state index in [-0.39, 0.29) is 6.61 Å². The van der Waals surface area contributed by atoms with Crippen LogP contribution in [0.25, 0.3) is 17.0 Å². The molecule has 1 N–H and O–H groups in total. The van der Waals surface area contributed by atoms with Crippen molar-refractivity contribution in [1.29, 1.82) is 5.26 Å². The van der Waals surface area contributed by atoms with Crippen molar-refractivity contribution in [3.63, 3.8) is 0 Å². The average molecular weight is 258 g/mol. The molecule has 0 aliphatic rings. The van der Waals surface area contributed by atoms with Gasteiger partial charge in [0.15, 0.2) is 0 Å². The van der Waals surface area contributed by atoms with Crippen molar-refractivity contribution >= 4 is 22.9 Å². The monoisotopic (exact) mass is 258 g/mol. The molecule has 19 heavy (non-hydrogen) atoms. The zero-order chi connectivity index (χ0) is 13.8. The van der Waals surface area contributed by atoms with Crippen molar-refractivity contribution in [1.82, 2.24) is 4.98 Å². The fraction of sp³-hybridized carbons (Fsp3) is 0.143. The Bertz CT molecular complexity index is 695. The van der Waals surface area contributed by atoms with Crippen molar-refractivity contribution < 1.29 is 13.9 Å². The molecule has 0 spiro atoms. The van der Waals surface area contributed by atoms with Crippen LogP contribution in [0, 0.1) is 11.3 Å². The summed E-state index contributed by atoms with van der Waals surface area (Å²) < 4.78 is 18.1. The van der Waals surface area contributed by atoms with E-state index >= 15 is 0 Å². The summed E-state index contributed by atoms with van der Waals surface area (Å²) in [7, 11) is 0. The zero-order valence-electron chi connectivity index (χ0n) is 10.2. The molecule has 0 aliphatic carbocycles. The Hall–Kier alpha value is -2.61. The van der Waals surface area contributed by atoms with Crippen LogP contribution in [0.1, 0.15) is 18.1 Å². The number of hydrogen-bond acceptors (Lipinski definition) is 3. The van der Waals surface area contributed by atoms with Crippen LogP contribution in [-0.2, 0) is 9.53 Å². The van der Waals surface area contributed by atoms with Crippen LogP contribution in [0.4, 0.5) is 4.39 Å². The SMILES string of the molecule is CCOC(=O)/C(F)=C/c1c[nH]c2ccc(C#N)cc12. The maximum atomic E-state index is 13.6. The van der Waals surface area contributed by atoms with Gasteiger partial charge >= 0.3 is 5.97 Å². The molecule has 0 aliphatic heterocycles. The van der Waals surface area contributed by atoms with E-state index in [0.717, 1.165) is 11.6 Å². The molecule has 1 aromatic heterocycles. The number of nitrogens with zero attached hydrogens (tertiary/aromatic N) is 1. The second-order valence-corrected chi connectivity index (χ2v) is 3.83. The molecule has 0 fully saturated rings. The molecule has 4 nitrogen and oxygen atoms in total. The number of hydrogen-bond donors (Lipinski definition) is 1. The second kappa shape index (κ2) is 5.36. The standard InChI is InChI=1S/C14H11FN2O2/c1-2-19-14(18)12(15)6-10-8-17-13-4-3-9(7-16)5-11(10)13/h3-6,8,17H,2H2,1H3/b12-6-. The zero-order valence-corrected chi connectivity index (χ0v) is 10.2. The number of aromatic nitrogens is 1. The number of benzene rings is 1. The number of rotatable bonds is 3. The van der Waals surface area contributed by atoms with Gasteiger partial charge in [0.25, 0.3) is 0 Å². The molecule has 0 radical (unpaired) electrons. The van der Waals surface area contributed by atoms with Gasteiger partial charge in [-0.2, -0.15) is 9.65 Å². The van der Waals surface area contributed by atoms with Crippen LogP contribution >= 0.6 is 0 Å². The van der Waals surface area contributed by atoms with E-state index in [2.05, 4.69) is 9.72 Å². The summed E-state index contributed by atoms with van der Waals surface area (Å²) in [4.78, 5) is 14.1. The van der Waals surface area contributed by atoms with Gasteiger partial charge in [0.05, 0.1) is 18.2 Å². The van der Waals surface area contributed by atoms with Crippen LogP contribution in [0.15, 0.2) is 30.2 Å². The van der Waals surface area contributed by atoms with E-state index in [4.69, 9.17) is 5.26 Å². The van der Waals surface area contributed by atoms with E-state index in [1.807, 2.05) is 6.07 Å². The molecular formula is C14H11FN2O2. The van der Waals surface area contributed by atoms with Crippen LogP contribution < -0.4 is 0 Å². The lowest BCUT2D eigenvalue weighted by molar-refractivity contribution is -0.140. The Morgan fingerprint density at radius 2 is 2.37 bits per heavy atom. The van der Waals surface area contributed by atoms with Crippen LogP contribution in [0.5, 0.6) is 0 Å². The molecule has 0 saturated carbocycles. The smallest absolute Gasteiger partial charge is 0.367 e. The minimum Gasteiger partial charge on any atom is -0.461 e. The number of nitriles is 1. The molecule has 5 heteroatoms. The lowest BCUT2D eigenvalue weighted by Crippen LogP contribution is -2.03. The van der Waals surface area contributed by atoms with Gasteiger partial charge in [0.2, 0.25) is 5.83 Å². The Labute approximate surface area is 109 Å². The second-order valence-electron chi connectivity index (χ2n) is 3.83. The first-order valence-corrected chi connectivity index (χ1v) is 5.71. The molecule has 96 valence electrons. The average Bonchev–Trinajstić information content (AvgIpc) is 2.81. The number of ether oxygens (including phenoxy) is 1. The van der Waals surface area contributed by atoms with Gasteiger partial charge in [0.1, 0.15) is 0 Å². The summed E-state index contributed by atoms with van der Waals surface area (Å²) in [6.45, 7) is 1.72. The van der Waals surface area contributed by atoms with Gasteiger partial charge in [-0.3, -0.25) is 0 Å². The number of nitrogens with one attached hydrogen (secondary N) is 1. The molecule has 0 unspecified atom stereocenters. The number of halogens is 1. The Balaban J connectivity index is 2.43. The normalized spacial score (nSPS) is 11.3. The predicted molar refractivity (Wildman–Crippen MR) is 68.7 cm³/mol. The Morgan fingerprint density at radius 1 is 1.58 bits per heavy atom. The highest BCUT2D eigenvalue weighted by molar-refractivity contribution is 5.96. The first kappa shape index (κ1) is 12.8. The molecule has 1 aromatic carbocycles. The molecule has 1 heterocycles. The minimum atomic E-state index is -0.992. The molecule has 0 saturated heterocycles. The van der Waals surface area contributed by atoms with Gasteiger partial charge in [0, 0.05) is 22.7 Å². The maximum absolute atomic E-state index is 13.6. The summed E-state index contributed by atoms with van der Waals surface area (Å²) in [5.74, 6) is -1.96. The molecule has 2 aromatic rings. The molecule has 2 rings (SSSR count). The Morgan fingerprint density at radius 3 is 3.05 bits per heavy atom. The number of fused-ring (bicyclic) bond motifs is 1. The predicted octanol–water partition coefficient (Wildman–Crippen LogP) is 2.91. The van der Waals surface area contributed by atoms with Crippen molar-refractivity contribution in [3.05, 3.63) is 41.3 Å². The van der Waals surface area contributed by atoms with Crippen molar-refractivity contribution in [3.8, 4) is 6.07 Å². The van der Waals surface area contributed by atoms with E-state index < -0.39 is 11.8 Å². The van der Waals surface area contributed by atoms with Crippen LogP contribution in [0.3, 0.4) is 0 Å². The number of H-pyrrole nitrogens is 1. The highest BCUT2D eigenvalue weighted by Crippen LogP contribution is 2.22. The molecular weight excluding hydrogens is 247 g/mol. The fourth-order valence-electron chi connectivity index (χ4n) is 1.73. The van der Waals surface area contributed by atoms with Crippen LogP contribution in [-0.4, -0.2) is 17.6 Å². The summed E-state index contributed by atoms with van der Waals surface area (Å²) in [6.07, 6.45) is 2.67. The highest BCUT2D eigenvalue weighted by Gasteiger charge is 2.11. The Kier molecular flexibility index (Phi) is 3.62. The number of esters is 1. The summed E-state index contributed by atoms with van der Waals surface area (Å²) >= 11 is 0. The van der Waals surface area contributed by atoms with Crippen LogP contribution in [0.2, 0.25) is 0 Å². The van der Waals surface area contributed by atoms with E-state index in [0.29, 0.717) is 16.5 Å². The van der Waals surface area contributed by atoms with E-state index in [1.54, 1.807) is 31.3 Å². The third-order valence-corrected chi connectivity index (χ3v) is 2.60. The quantitative estimate of drug-likeness (QED) is 0.680. The first-order valence-electron chi connectivity index (χ1n) is 5.71. The lowest BCUT2D eigenvalue weighted by Gasteiger charge is -1.98. The maximum Gasteiger partial charge on any atom is 0.367 e. The molecule has 0 amide bonds.